The summed E-state index contributed by atoms with van der Waals surface area (Å²) in [5.74, 6) is 0.323. The van der Waals surface area contributed by atoms with Gasteiger partial charge in [-0.2, -0.15) is 11.3 Å². The van der Waals surface area contributed by atoms with E-state index in [9.17, 15) is 9.59 Å². The van der Waals surface area contributed by atoms with E-state index in [0.717, 1.165) is 19.6 Å². The van der Waals surface area contributed by atoms with Crippen LogP contribution < -0.4 is 10.1 Å². The van der Waals surface area contributed by atoms with Crippen molar-refractivity contribution < 1.29 is 14.3 Å². The molecule has 0 spiro atoms. The molecule has 28 heavy (non-hydrogen) atoms. The second-order valence-electron chi connectivity index (χ2n) is 6.35. The first-order valence-electron chi connectivity index (χ1n) is 8.91. The molecule has 0 saturated carbocycles. The number of carbonyl (C=O) groups excluding carboxylic acids is 2. The van der Waals surface area contributed by atoms with Crippen LogP contribution in [0.3, 0.4) is 0 Å². The third-order valence-corrected chi connectivity index (χ3v) is 5.68. The van der Waals surface area contributed by atoms with Crippen molar-refractivity contribution in [1.82, 2.24) is 15.1 Å². The number of carbonyl (C=O) groups is 2. The Morgan fingerprint density at radius 3 is 2.61 bits per heavy atom. The zero-order valence-corrected chi connectivity index (χ0v) is 17.5. The highest BCUT2D eigenvalue weighted by molar-refractivity contribution is 7.08. The van der Waals surface area contributed by atoms with Gasteiger partial charge in [0, 0.05) is 55.2 Å². The SMILES string of the molecule is O=C(NCCN1CCN(C(=O)COc2ccc(Cl)cc2Cl)CC1)c1ccsc1. The molecular formula is C19H21Cl2N3O3S. The first-order valence-corrected chi connectivity index (χ1v) is 10.6. The molecule has 1 N–H and O–H groups in total. The number of rotatable bonds is 7. The Bertz CT molecular complexity index is 809. The van der Waals surface area contributed by atoms with Crippen LogP contribution in [0.15, 0.2) is 35.0 Å². The van der Waals surface area contributed by atoms with E-state index >= 15 is 0 Å². The van der Waals surface area contributed by atoms with Crippen molar-refractivity contribution in [2.45, 2.75) is 0 Å². The van der Waals surface area contributed by atoms with Crippen LogP contribution in [0, 0.1) is 0 Å². The number of hydrogen-bond donors (Lipinski definition) is 1. The maximum atomic E-state index is 12.3. The number of amides is 2. The van der Waals surface area contributed by atoms with Crippen molar-refractivity contribution in [3.63, 3.8) is 0 Å². The van der Waals surface area contributed by atoms with E-state index in [4.69, 9.17) is 27.9 Å². The molecule has 0 radical (unpaired) electrons. The smallest absolute Gasteiger partial charge is 0.260 e. The van der Waals surface area contributed by atoms with Crippen LogP contribution in [0.2, 0.25) is 10.0 Å². The number of thiophene rings is 1. The minimum Gasteiger partial charge on any atom is -0.482 e. The number of nitrogens with zero attached hydrogens (tertiary/aromatic N) is 2. The molecular weight excluding hydrogens is 421 g/mol. The van der Waals surface area contributed by atoms with Gasteiger partial charge in [-0.25, -0.2) is 0 Å². The number of hydrogen-bond acceptors (Lipinski definition) is 5. The molecule has 0 bridgehead atoms. The summed E-state index contributed by atoms with van der Waals surface area (Å²) in [4.78, 5) is 28.3. The van der Waals surface area contributed by atoms with Gasteiger partial charge in [0.05, 0.1) is 5.02 Å². The van der Waals surface area contributed by atoms with Crippen LogP contribution in [-0.4, -0.2) is 67.5 Å². The van der Waals surface area contributed by atoms with Gasteiger partial charge in [0.15, 0.2) is 6.61 Å². The normalized spacial score (nSPS) is 14.7. The Labute approximate surface area is 178 Å². The van der Waals surface area contributed by atoms with Crippen molar-refractivity contribution in [1.29, 1.82) is 0 Å². The van der Waals surface area contributed by atoms with Gasteiger partial charge in [-0.15, -0.1) is 0 Å². The lowest BCUT2D eigenvalue weighted by atomic mass is 10.3. The molecule has 150 valence electrons. The average Bonchev–Trinajstić information content (AvgIpc) is 3.22. The Hall–Kier alpha value is -1.80. The summed E-state index contributed by atoms with van der Waals surface area (Å²) in [6.45, 7) is 4.08. The fourth-order valence-corrected chi connectivity index (χ4v) is 3.97. The largest absolute Gasteiger partial charge is 0.482 e. The fourth-order valence-electron chi connectivity index (χ4n) is 2.87. The van der Waals surface area contributed by atoms with Crippen molar-refractivity contribution in [2.75, 3.05) is 45.9 Å². The summed E-state index contributed by atoms with van der Waals surface area (Å²) in [6, 6.07) is 6.71. The summed E-state index contributed by atoms with van der Waals surface area (Å²) in [5.41, 5.74) is 0.696. The molecule has 0 aliphatic carbocycles. The minimum absolute atomic E-state index is 0.0481. The number of benzene rings is 1. The lowest BCUT2D eigenvalue weighted by molar-refractivity contribution is -0.135. The average molecular weight is 442 g/mol. The lowest BCUT2D eigenvalue weighted by Gasteiger charge is -2.34. The molecule has 1 aromatic carbocycles. The van der Waals surface area contributed by atoms with E-state index in [2.05, 4.69) is 10.2 Å². The number of piperazine rings is 1. The van der Waals surface area contributed by atoms with Gasteiger partial charge in [-0.1, -0.05) is 23.2 Å². The molecule has 1 fully saturated rings. The van der Waals surface area contributed by atoms with E-state index in [1.54, 1.807) is 23.1 Å². The van der Waals surface area contributed by atoms with Gasteiger partial charge < -0.3 is 15.0 Å². The summed E-state index contributed by atoms with van der Waals surface area (Å²) in [6.07, 6.45) is 0. The van der Waals surface area contributed by atoms with E-state index in [-0.39, 0.29) is 18.4 Å². The van der Waals surface area contributed by atoms with Crippen LogP contribution in [0.4, 0.5) is 0 Å². The van der Waals surface area contributed by atoms with Crippen molar-refractivity contribution in [3.05, 3.63) is 50.6 Å². The van der Waals surface area contributed by atoms with Crippen LogP contribution in [0.1, 0.15) is 10.4 Å². The highest BCUT2D eigenvalue weighted by atomic mass is 35.5. The molecule has 1 aliphatic rings. The van der Waals surface area contributed by atoms with Gasteiger partial charge in [0.1, 0.15) is 5.75 Å². The standard InChI is InChI=1S/C19H21Cl2N3O3S/c20-15-1-2-17(16(21)11-15)27-12-18(25)24-8-6-23(7-9-24)5-4-22-19(26)14-3-10-28-13-14/h1-3,10-11,13H,4-9,12H2,(H,22,26). The Kier molecular flexibility index (Phi) is 7.56. The second-order valence-corrected chi connectivity index (χ2v) is 7.98. The molecule has 2 heterocycles. The summed E-state index contributed by atoms with van der Waals surface area (Å²) >= 11 is 13.4. The molecule has 3 rings (SSSR count). The van der Waals surface area contributed by atoms with Gasteiger partial charge in [0.25, 0.3) is 11.8 Å². The van der Waals surface area contributed by atoms with Gasteiger partial charge in [-0.05, 0) is 29.6 Å². The van der Waals surface area contributed by atoms with Crippen LogP contribution in [-0.2, 0) is 4.79 Å². The predicted octanol–water partition coefficient (Wildman–Crippen LogP) is 3.01. The molecule has 0 unspecified atom stereocenters. The van der Waals surface area contributed by atoms with Crippen molar-refractivity contribution in [3.8, 4) is 5.75 Å². The van der Waals surface area contributed by atoms with Gasteiger partial charge in [-0.3, -0.25) is 14.5 Å². The van der Waals surface area contributed by atoms with Crippen LogP contribution >= 0.6 is 34.5 Å². The zero-order chi connectivity index (χ0) is 19.9. The molecule has 6 nitrogen and oxygen atoms in total. The third kappa shape index (κ3) is 5.85. The molecule has 0 atom stereocenters. The topological polar surface area (TPSA) is 61.9 Å². The Morgan fingerprint density at radius 2 is 1.93 bits per heavy atom. The number of halogens is 2. The van der Waals surface area contributed by atoms with E-state index in [1.807, 2.05) is 16.8 Å². The summed E-state index contributed by atoms with van der Waals surface area (Å²) < 4.78 is 5.52. The highest BCUT2D eigenvalue weighted by Crippen LogP contribution is 2.27. The molecule has 2 amide bonds. The van der Waals surface area contributed by atoms with Crippen molar-refractivity contribution >= 4 is 46.4 Å². The second kappa shape index (κ2) is 10.1. The van der Waals surface area contributed by atoms with Gasteiger partial charge in [0.2, 0.25) is 0 Å². The quantitative estimate of drug-likeness (QED) is 0.716. The maximum absolute atomic E-state index is 12.3. The fraction of sp³-hybridized carbons (Fsp3) is 0.368. The third-order valence-electron chi connectivity index (χ3n) is 4.47. The van der Waals surface area contributed by atoms with Crippen LogP contribution in [0.25, 0.3) is 0 Å². The predicted molar refractivity (Wildman–Crippen MR) is 112 cm³/mol. The molecule has 9 heteroatoms. The molecule has 1 saturated heterocycles. The van der Waals surface area contributed by atoms with E-state index in [1.165, 1.54) is 11.3 Å². The van der Waals surface area contributed by atoms with E-state index in [0.29, 0.717) is 41.0 Å². The lowest BCUT2D eigenvalue weighted by Crippen LogP contribution is -2.51. The number of nitrogens with one attached hydrogen (secondary N) is 1. The van der Waals surface area contributed by atoms with E-state index < -0.39 is 0 Å². The van der Waals surface area contributed by atoms with Gasteiger partial charge >= 0.3 is 0 Å². The maximum Gasteiger partial charge on any atom is 0.260 e. The minimum atomic E-state index is -0.0728. The summed E-state index contributed by atoms with van der Waals surface area (Å²) in [7, 11) is 0. The monoisotopic (exact) mass is 441 g/mol. The molecule has 2 aromatic rings. The first kappa shape index (κ1) is 20.9. The Morgan fingerprint density at radius 1 is 1.14 bits per heavy atom. The zero-order valence-electron chi connectivity index (χ0n) is 15.2. The van der Waals surface area contributed by atoms with Crippen molar-refractivity contribution in [2.24, 2.45) is 0 Å². The molecule has 1 aliphatic heterocycles. The Balaban J connectivity index is 1.35. The van der Waals surface area contributed by atoms with Crippen LogP contribution in [0.5, 0.6) is 5.75 Å². The first-order chi connectivity index (χ1) is 13.5. The number of ether oxygens (including phenoxy) is 1. The highest BCUT2D eigenvalue weighted by Gasteiger charge is 2.21. The molecule has 1 aromatic heterocycles. The summed E-state index contributed by atoms with van der Waals surface area (Å²) in [5, 5.41) is 7.54.